The van der Waals surface area contributed by atoms with Gasteiger partial charge in [-0.2, -0.15) is 16.9 Å². The van der Waals surface area contributed by atoms with Crippen LogP contribution in [0, 0.1) is 0 Å². The molecule has 0 atom stereocenters. The van der Waals surface area contributed by atoms with Gasteiger partial charge in [0.05, 0.1) is 6.20 Å². The molecule has 0 saturated carbocycles. The molecule has 1 N–H and O–H groups in total. The highest BCUT2D eigenvalue weighted by Gasteiger charge is 2.13. The van der Waals surface area contributed by atoms with E-state index in [1.54, 1.807) is 18.0 Å². The fourth-order valence-electron chi connectivity index (χ4n) is 1.34. The first-order valence-electron chi connectivity index (χ1n) is 5.56. The zero-order valence-electron chi connectivity index (χ0n) is 9.78. The van der Waals surface area contributed by atoms with Crippen molar-refractivity contribution in [3.63, 3.8) is 0 Å². The van der Waals surface area contributed by atoms with E-state index in [1.807, 2.05) is 0 Å². The number of nitrogens with zero attached hydrogens (tertiary/aromatic N) is 1. The molecule has 1 rings (SSSR count). The van der Waals surface area contributed by atoms with Crippen LogP contribution in [0.3, 0.4) is 0 Å². The van der Waals surface area contributed by atoms with E-state index < -0.39 is 0 Å². The topological polar surface area (TPSA) is 55.0 Å². The number of carbonyl (C=O) groups excluding carboxylic acids is 1. The monoisotopic (exact) mass is 242 g/mol. The zero-order valence-corrected chi connectivity index (χ0v) is 10.6. The van der Waals surface area contributed by atoms with Gasteiger partial charge in [-0.3, -0.25) is 5.10 Å². The summed E-state index contributed by atoms with van der Waals surface area (Å²) in [6, 6.07) is 0. The second-order valence-corrected chi connectivity index (χ2v) is 4.74. The minimum atomic E-state index is -0.270. The SMILES string of the molecule is CCCc1[nH]ncc1C(=O)OCCSCC. The van der Waals surface area contributed by atoms with E-state index in [0.717, 1.165) is 30.0 Å². The Morgan fingerprint density at radius 1 is 1.56 bits per heavy atom. The van der Waals surface area contributed by atoms with Gasteiger partial charge in [-0.1, -0.05) is 20.3 Å². The molecular formula is C11H18N2O2S. The first kappa shape index (κ1) is 13.1. The van der Waals surface area contributed by atoms with Crippen LogP contribution < -0.4 is 0 Å². The first-order valence-corrected chi connectivity index (χ1v) is 6.72. The van der Waals surface area contributed by atoms with Crippen LogP contribution >= 0.6 is 11.8 Å². The largest absolute Gasteiger partial charge is 0.461 e. The normalized spacial score (nSPS) is 10.4. The number of aromatic nitrogens is 2. The second kappa shape index (κ2) is 7.33. The summed E-state index contributed by atoms with van der Waals surface area (Å²) in [5.41, 5.74) is 1.44. The van der Waals surface area contributed by atoms with Crippen LogP contribution in [0.4, 0.5) is 0 Å². The molecule has 0 spiro atoms. The lowest BCUT2D eigenvalue weighted by atomic mass is 10.2. The van der Waals surface area contributed by atoms with Crippen LogP contribution in [-0.2, 0) is 11.2 Å². The minimum absolute atomic E-state index is 0.270. The number of aryl methyl sites for hydroxylation is 1. The number of carbonyl (C=O) groups is 1. The average Bonchev–Trinajstić information content (AvgIpc) is 2.73. The molecule has 4 nitrogen and oxygen atoms in total. The average molecular weight is 242 g/mol. The number of rotatable bonds is 7. The van der Waals surface area contributed by atoms with Crippen molar-refractivity contribution in [2.45, 2.75) is 26.7 Å². The third-order valence-electron chi connectivity index (χ3n) is 2.10. The Balaban J connectivity index is 2.42. The summed E-state index contributed by atoms with van der Waals surface area (Å²) < 4.78 is 5.16. The smallest absolute Gasteiger partial charge is 0.341 e. The molecule has 1 aromatic rings. The molecule has 0 unspecified atom stereocenters. The van der Waals surface area contributed by atoms with Gasteiger partial charge in [-0.15, -0.1) is 0 Å². The number of ether oxygens (including phenoxy) is 1. The summed E-state index contributed by atoms with van der Waals surface area (Å²) in [6.45, 7) is 4.61. The van der Waals surface area contributed by atoms with Crippen molar-refractivity contribution in [2.75, 3.05) is 18.1 Å². The molecule has 0 aliphatic heterocycles. The highest BCUT2D eigenvalue weighted by atomic mass is 32.2. The van der Waals surface area contributed by atoms with Gasteiger partial charge in [0.2, 0.25) is 0 Å². The summed E-state index contributed by atoms with van der Waals surface area (Å²) in [7, 11) is 0. The number of nitrogens with one attached hydrogen (secondary N) is 1. The van der Waals surface area contributed by atoms with Crippen LogP contribution in [0.1, 0.15) is 36.3 Å². The Kier molecular flexibility index (Phi) is 6.00. The van der Waals surface area contributed by atoms with Gasteiger partial charge < -0.3 is 4.74 Å². The molecule has 0 bridgehead atoms. The maximum Gasteiger partial charge on any atom is 0.341 e. The number of H-pyrrole nitrogens is 1. The fraction of sp³-hybridized carbons (Fsp3) is 0.636. The predicted molar refractivity (Wildman–Crippen MR) is 65.9 cm³/mol. The second-order valence-electron chi connectivity index (χ2n) is 3.35. The van der Waals surface area contributed by atoms with E-state index in [9.17, 15) is 4.79 Å². The van der Waals surface area contributed by atoms with Crippen molar-refractivity contribution in [3.05, 3.63) is 17.5 Å². The highest BCUT2D eigenvalue weighted by molar-refractivity contribution is 7.99. The summed E-state index contributed by atoms with van der Waals surface area (Å²) in [4.78, 5) is 11.7. The van der Waals surface area contributed by atoms with Crippen LogP contribution in [0.25, 0.3) is 0 Å². The van der Waals surface area contributed by atoms with Crippen LogP contribution in [0.5, 0.6) is 0 Å². The van der Waals surface area contributed by atoms with Crippen molar-refractivity contribution >= 4 is 17.7 Å². The van der Waals surface area contributed by atoms with E-state index >= 15 is 0 Å². The third kappa shape index (κ3) is 3.89. The standard InChI is InChI=1S/C11H18N2O2S/c1-3-5-10-9(8-12-13-10)11(14)15-6-7-16-4-2/h8H,3-7H2,1-2H3,(H,12,13). The van der Waals surface area contributed by atoms with E-state index in [-0.39, 0.29) is 5.97 Å². The van der Waals surface area contributed by atoms with Crippen LogP contribution in [-0.4, -0.2) is 34.3 Å². The lowest BCUT2D eigenvalue weighted by Gasteiger charge is -2.04. The summed E-state index contributed by atoms with van der Waals surface area (Å²) in [6.07, 6.45) is 3.35. The van der Waals surface area contributed by atoms with Crippen molar-refractivity contribution in [3.8, 4) is 0 Å². The molecule has 5 heteroatoms. The molecule has 0 aliphatic carbocycles. The summed E-state index contributed by atoms with van der Waals surface area (Å²) in [5.74, 6) is 1.63. The Morgan fingerprint density at radius 3 is 3.06 bits per heavy atom. The third-order valence-corrected chi connectivity index (χ3v) is 2.97. The molecule has 0 saturated heterocycles. The first-order chi connectivity index (χ1) is 7.79. The maximum atomic E-state index is 11.7. The zero-order chi connectivity index (χ0) is 11.8. The number of thioether (sulfide) groups is 1. The summed E-state index contributed by atoms with van der Waals surface area (Å²) >= 11 is 1.76. The van der Waals surface area contributed by atoms with E-state index in [0.29, 0.717) is 12.2 Å². The van der Waals surface area contributed by atoms with Crippen molar-refractivity contribution in [2.24, 2.45) is 0 Å². The summed E-state index contributed by atoms with van der Waals surface area (Å²) in [5, 5.41) is 6.71. The molecule has 0 aliphatic rings. The minimum Gasteiger partial charge on any atom is -0.461 e. The molecular weight excluding hydrogens is 224 g/mol. The fourth-order valence-corrected chi connectivity index (χ4v) is 1.83. The number of aromatic amines is 1. The van der Waals surface area contributed by atoms with Crippen molar-refractivity contribution < 1.29 is 9.53 Å². The molecule has 1 heterocycles. The van der Waals surface area contributed by atoms with Crippen molar-refractivity contribution in [1.29, 1.82) is 0 Å². The van der Waals surface area contributed by atoms with E-state index in [4.69, 9.17) is 4.74 Å². The van der Waals surface area contributed by atoms with Gasteiger partial charge in [0.1, 0.15) is 12.2 Å². The number of hydrogen-bond donors (Lipinski definition) is 1. The number of esters is 1. The maximum absolute atomic E-state index is 11.7. The Labute approximate surface area is 100 Å². The Bertz CT molecular complexity index is 326. The lowest BCUT2D eigenvalue weighted by Crippen LogP contribution is -2.09. The quantitative estimate of drug-likeness (QED) is 0.588. The van der Waals surface area contributed by atoms with Gasteiger partial charge in [0.25, 0.3) is 0 Å². The predicted octanol–water partition coefficient (Wildman–Crippen LogP) is 2.27. The molecule has 0 fully saturated rings. The van der Waals surface area contributed by atoms with E-state index in [2.05, 4.69) is 24.0 Å². The molecule has 0 amide bonds. The van der Waals surface area contributed by atoms with Gasteiger partial charge in [-0.25, -0.2) is 4.79 Å². The van der Waals surface area contributed by atoms with Crippen LogP contribution in [0.15, 0.2) is 6.20 Å². The lowest BCUT2D eigenvalue weighted by molar-refractivity contribution is 0.0529. The molecule has 0 aromatic carbocycles. The van der Waals surface area contributed by atoms with Gasteiger partial charge in [-0.05, 0) is 12.2 Å². The Hall–Kier alpha value is -0.970. The van der Waals surface area contributed by atoms with Gasteiger partial charge >= 0.3 is 5.97 Å². The Morgan fingerprint density at radius 2 is 2.38 bits per heavy atom. The highest BCUT2D eigenvalue weighted by Crippen LogP contribution is 2.09. The molecule has 16 heavy (non-hydrogen) atoms. The molecule has 90 valence electrons. The number of hydrogen-bond acceptors (Lipinski definition) is 4. The molecule has 0 radical (unpaired) electrons. The molecule has 1 aromatic heterocycles. The van der Waals surface area contributed by atoms with Gasteiger partial charge in [0.15, 0.2) is 0 Å². The van der Waals surface area contributed by atoms with Crippen LogP contribution in [0.2, 0.25) is 0 Å². The van der Waals surface area contributed by atoms with Crippen molar-refractivity contribution in [1.82, 2.24) is 10.2 Å². The van der Waals surface area contributed by atoms with Gasteiger partial charge in [0, 0.05) is 11.4 Å². The van der Waals surface area contributed by atoms with E-state index in [1.165, 1.54) is 0 Å².